The molecule has 8 nitrogen and oxygen atoms in total. The predicted molar refractivity (Wildman–Crippen MR) is 78.0 cm³/mol. The molecule has 21 heavy (non-hydrogen) atoms. The Balaban J connectivity index is 2.18. The van der Waals surface area contributed by atoms with Crippen molar-refractivity contribution in [1.82, 2.24) is 15.1 Å². The van der Waals surface area contributed by atoms with E-state index in [0.717, 1.165) is 0 Å². The first-order valence-corrected chi connectivity index (χ1v) is 8.98. The van der Waals surface area contributed by atoms with Crippen molar-refractivity contribution in [3.05, 3.63) is 0 Å². The van der Waals surface area contributed by atoms with Crippen LogP contribution in [-0.2, 0) is 14.6 Å². The van der Waals surface area contributed by atoms with E-state index < -0.39 is 15.8 Å². The van der Waals surface area contributed by atoms with Crippen LogP contribution in [0.1, 0.15) is 12.8 Å². The second-order valence-electron chi connectivity index (χ2n) is 5.19. The number of carboxylic acid groups (broad SMARTS) is 1. The molecule has 1 saturated heterocycles. The Morgan fingerprint density at radius 3 is 2.33 bits per heavy atom. The summed E-state index contributed by atoms with van der Waals surface area (Å²) in [7, 11) is -2.99. The average molecular weight is 321 g/mol. The molecule has 0 unspecified atom stereocenters. The summed E-state index contributed by atoms with van der Waals surface area (Å²) in [6, 6.07) is -0.193. The molecule has 122 valence electrons. The number of rotatable bonds is 7. The molecule has 0 atom stereocenters. The van der Waals surface area contributed by atoms with Gasteiger partial charge in [-0.25, -0.2) is 13.2 Å². The van der Waals surface area contributed by atoms with Crippen LogP contribution in [0.15, 0.2) is 0 Å². The van der Waals surface area contributed by atoms with Gasteiger partial charge in [-0.1, -0.05) is 0 Å². The van der Waals surface area contributed by atoms with Crippen LogP contribution in [-0.4, -0.2) is 86.6 Å². The third-order valence-electron chi connectivity index (χ3n) is 3.27. The molecule has 2 N–H and O–H groups in total. The third-order valence-corrected chi connectivity index (χ3v) is 4.30. The maximum atomic E-state index is 11.8. The number of hydrogen-bond donors (Lipinski definition) is 2. The highest BCUT2D eigenvalue weighted by atomic mass is 32.2. The van der Waals surface area contributed by atoms with Gasteiger partial charge in [0, 0.05) is 45.5 Å². The minimum Gasteiger partial charge on any atom is -0.481 e. The Morgan fingerprint density at radius 1 is 1.19 bits per heavy atom. The predicted octanol–water partition coefficient (Wildman–Crippen LogP) is -0.777. The number of amides is 2. The summed E-state index contributed by atoms with van der Waals surface area (Å²) in [4.78, 5) is 26.0. The van der Waals surface area contributed by atoms with E-state index in [1.54, 1.807) is 4.90 Å². The molecule has 0 saturated carbocycles. The molecule has 0 aromatic rings. The van der Waals surface area contributed by atoms with E-state index in [0.29, 0.717) is 45.7 Å². The summed E-state index contributed by atoms with van der Waals surface area (Å²) in [6.07, 6.45) is 1.69. The number of aliphatic carboxylic acids is 1. The number of hydrogen-bond acceptors (Lipinski definition) is 5. The molecule has 1 rings (SSSR count). The minimum absolute atomic E-state index is 0.0657. The van der Waals surface area contributed by atoms with Crippen LogP contribution in [0, 0.1) is 0 Å². The van der Waals surface area contributed by atoms with Gasteiger partial charge in [-0.3, -0.25) is 9.69 Å². The Kier molecular flexibility index (Phi) is 6.90. The SMILES string of the molecule is CS(=O)(=O)CCCNC(=O)N1CCN(CCC(=O)O)CC1. The van der Waals surface area contributed by atoms with Gasteiger partial charge in [0.05, 0.1) is 12.2 Å². The molecule has 1 aliphatic rings. The van der Waals surface area contributed by atoms with Crippen molar-refractivity contribution >= 4 is 21.8 Å². The standard InChI is InChI=1S/C12H23N3O5S/c1-21(19,20)10-2-4-13-12(18)15-8-6-14(7-9-15)5-3-11(16)17/h2-10H2,1H3,(H,13,18)(H,16,17). The van der Waals surface area contributed by atoms with E-state index in [4.69, 9.17) is 5.11 Å². The lowest BCUT2D eigenvalue weighted by atomic mass is 10.3. The van der Waals surface area contributed by atoms with Crippen LogP contribution >= 0.6 is 0 Å². The van der Waals surface area contributed by atoms with E-state index in [9.17, 15) is 18.0 Å². The van der Waals surface area contributed by atoms with E-state index in [2.05, 4.69) is 5.32 Å². The van der Waals surface area contributed by atoms with Crippen LogP contribution in [0.3, 0.4) is 0 Å². The lowest BCUT2D eigenvalue weighted by molar-refractivity contribution is -0.137. The van der Waals surface area contributed by atoms with Crippen molar-refractivity contribution in [3.8, 4) is 0 Å². The second kappa shape index (κ2) is 8.18. The molecule has 1 heterocycles. The highest BCUT2D eigenvalue weighted by molar-refractivity contribution is 7.90. The lowest BCUT2D eigenvalue weighted by Crippen LogP contribution is -2.52. The van der Waals surface area contributed by atoms with Crippen LogP contribution < -0.4 is 5.32 Å². The summed E-state index contributed by atoms with van der Waals surface area (Å²) < 4.78 is 21.9. The molecular weight excluding hydrogens is 298 g/mol. The summed E-state index contributed by atoms with van der Waals surface area (Å²) >= 11 is 0. The first-order chi connectivity index (χ1) is 9.78. The fraction of sp³-hybridized carbons (Fsp3) is 0.833. The van der Waals surface area contributed by atoms with Crippen molar-refractivity contribution in [2.24, 2.45) is 0 Å². The number of sulfone groups is 1. The zero-order valence-corrected chi connectivity index (χ0v) is 13.1. The molecule has 0 aliphatic carbocycles. The maximum Gasteiger partial charge on any atom is 0.317 e. The first-order valence-electron chi connectivity index (χ1n) is 6.92. The van der Waals surface area contributed by atoms with Gasteiger partial charge < -0.3 is 15.3 Å². The Morgan fingerprint density at radius 2 is 1.81 bits per heavy atom. The molecule has 0 aromatic heterocycles. The Hall–Kier alpha value is -1.35. The summed E-state index contributed by atoms with van der Waals surface area (Å²) in [5, 5.41) is 11.3. The van der Waals surface area contributed by atoms with E-state index >= 15 is 0 Å². The number of carbonyl (C=O) groups is 2. The maximum absolute atomic E-state index is 11.8. The first kappa shape index (κ1) is 17.7. The number of nitrogens with zero attached hydrogens (tertiary/aromatic N) is 2. The van der Waals surface area contributed by atoms with E-state index in [1.807, 2.05) is 4.90 Å². The van der Waals surface area contributed by atoms with Crippen molar-refractivity contribution < 1.29 is 23.1 Å². The van der Waals surface area contributed by atoms with Gasteiger partial charge in [-0.15, -0.1) is 0 Å². The van der Waals surface area contributed by atoms with Crippen molar-refractivity contribution in [1.29, 1.82) is 0 Å². The highest BCUT2D eigenvalue weighted by Crippen LogP contribution is 2.03. The van der Waals surface area contributed by atoms with Crippen LogP contribution in [0.4, 0.5) is 4.79 Å². The third kappa shape index (κ3) is 7.86. The molecule has 0 aromatic carbocycles. The van der Waals surface area contributed by atoms with E-state index in [-0.39, 0.29) is 18.2 Å². The molecular formula is C12H23N3O5S. The Labute approximate surface area is 125 Å². The van der Waals surface area contributed by atoms with Crippen molar-refractivity contribution in [3.63, 3.8) is 0 Å². The lowest BCUT2D eigenvalue weighted by Gasteiger charge is -2.34. The number of carboxylic acids is 1. The zero-order valence-electron chi connectivity index (χ0n) is 12.2. The van der Waals surface area contributed by atoms with Crippen LogP contribution in [0.25, 0.3) is 0 Å². The molecule has 1 aliphatic heterocycles. The topological polar surface area (TPSA) is 107 Å². The van der Waals surface area contributed by atoms with Gasteiger partial charge in [0.2, 0.25) is 0 Å². The molecule has 1 fully saturated rings. The molecule has 0 spiro atoms. The zero-order chi connectivity index (χ0) is 15.9. The van der Waals surface area contributed by atoms with Crippen LogP contribution in [0.2, 0.25) is 0 Å². The van der Waals surface area contributed by atoms with Gasteiger partial charge in [0.15, 0.2) is 0 Å². The summed E-state index contributed by atoms with van der Waals surface area (Å²) in [6.45, 7) is 3.26. The number of urea groups is 1. The Bertz CT molecular complexity index is 458. The largest absolute Gasteiger partial charge is 0.481 e. The van der Waals surface area contributed by atoms with Gasteiger partial charge >= 0.3 is 12.0 Å². The van der Waals surface area contributed by atoms with Crippen molar-refractivity contribution in [2.45, 2.75) is 12.8 Å². The van der Waals surface area contributed by atoms with E-state index in [1.165, 1.54) is 6.26 Å². The van der Waals surface area contributed by atoms with Crippen molar-refractivity contribution in [2.75, 3.05) is 51.3 Å². The monoisotopic (exact) mass is 321 g/mol. The number of carbonyl (C=O) groups excluding carboxylic acids is 1. The fourth-order valence-corrected chi connectivity index (χ4v) is 2.74. The summed E-state index contributed by atoms with van der Waals surface area (Å²) in [5.41, 5.74) is 0. The van der Waals surface area contributed by atoms with Gasteiger partial charge in [0.1, 0.15) is 9.84 Å². The molecule has 9 heteroatoms. The minimum atomic E-state index is -2.99. The number of nitrogens with one attached hydrogen (secondary N) is 1. The van der Waals surface area contributed by atoms with Gasteiger partial charge in [0.25, 0.3) is 0 Å². The molecule has 0 bridgehead atoms. The van der Waals surface area contributed by atoms with Gasteiger partial charge in [-0.2, -0.15) is 0 Å². The quantitative estimate of drug-likeness (QED) is 0.596. The molecule has 0 radical (unpaired) electrons. The van der Waals surface area contributed by atoms with Crippen LogP contribution in [0.5, 0.6) is 0 Å². The van der Waals surface area contributed by atoms with Gasteiger partial charge in [-0.05, 0) is 6.42 Å². The molecule has 2 amide bonds. The normalized spacial score (nSPS) is 16.7. The highest BCUT2D eigenvalue weighted by Gasteiger charge is 2.20. The second-order valence-corrected chi connectivity index (χ2v) is 7.45. The summed E-state index contributed by atoms with van der Waals surface area (Å²) in [5.74, 6) is -0.753. The fourth-order valence-electron chi connectivity index (χ4n) is 2.07. The number of piperazine rings is 1. The average Bonchev–Trinajstić information content (AvgIpc) is 2.40. The smallest absolute Gasteiger partial charge is 0.317 e.